The first kappa shape index (κ1) is 19.4. The average molecular weight is 394 g/mol. The minimum absolute atomic E-state index is 0.0534. The van der Waals surface area contributed by atoms with Crippen LogP contribution < -0.4 is 5.32 Å². The molecular weight excluding hydrogens is 374 g/mol. The molecule has 1 N–H and O–H groups in total. The van der Waals surface area contributed by atoms with Crippen molar-refractivity contribution in [2.24, 2.45) is 0 Å². The van der Waals surface area contributed by atoms with Crippen molar-refractivity contribution in [1.82, 2.24) is 9.62 Å². The fraction of sp³-hybridized carbons (Fsp3) is 0.316. The summed E-state index contributed by atoms with van der Waals surface area (Å²) in [4.78, 5) is 12.5. The van der Waals surface area contributed by atoms with Crippen LogP contribution in [0, 0.1) is 11.6 Å². The van der Waals surface area contributed by atoms with Gasteiger partial charge in [-0.2, -0.15) is 4.31 Å². The number of halogens is 2. The van der Waals surface area contributed by atoms with Crippen LogP contribution in [0.1, 0.15) is 41.7 Å². The molecule has 1 aliphatic rings. The zero-order valence-corrected chi connectivity index (χ0v) is 15.6. The van der Waals surface area contributed by atoms with Gasteiger partial charge >= 0.3 is 0 Å². The number of hydrogen-bond donors (Lipinski definition) is 1. The second-order valence-electron chi connectivity index (χ2n) is 6.50. The molecule has 0 saturated carbocycles. The van der Waals surface area contributed by atoms with E-state index in [4.69, 9.17) is 0 Å². The maximum Gasteiger partial charge on any atom is 0.251 e. The van der Waals surface area contributed by atoms with Crippen molar-refractivity contribution in [2.45, 2.75) is 30.7 Å². The van der Waals surface area contributed by atoms with Crippen LogP contribution in [0.5, 0.6) is 0 Å². The lowest BCUT2D eigenvalue weighted by molar-refractivity contribution is 0.0939. The summed E-state index contributed by atoms with van der Waals surface area (Å²) < 4.78 is 53.6. The van der Waals surface area contributed by atoms with Gasteiger partial charge in [-0.15, -0.1) is 0 Å². The van der Waals surface area contributed by atoms with Crippen LogP contribution in [0.15, 0.2) is 47.4 Å². The molecule has 1 heterocycles. The third kappa shape index (κ3) is 4.17. The number of amides is 1. The molecule has 3 rings (SSSR count). The minimum atomic E-state index is -3.64. The monoisotopic (exact) mass is 394 g/mol. The molecule has 2 aromatic rings. The van der Waals surface area contributed by atoms with Crippen molar-refractivity contribution in [3.8, 4) is 0 Å². The Balaban J connectivity index is 1.79. The van der Waals surface area contributed by atoms with Gasteiger partial charge in [0.2, 0.25) is 10.0 Å². The Kier molecular flexibility index (Phi) is 5.57. The molecule has 2 aromatic carbocycles. The van der Waals surface area contributed by atoms with Crippen LogP contribution in [0.3, 0.4) is 0 Å². The fourth-order valence-corrected chi connectivity index (χ4v) is 4.65. The van der Waals surface area contributed by atoms with Gasteiger partial charge in [0.05, 0.1) is 10.9 Å². The fourth-order valence-electron chi connectivity index (χ4n) is 3.09. The number of benzene rings is 2. The van der Waals surface area contributed by atoms with Crippen LogP contribution in [-0.4, -0.2) is 31.7 Å². The van der Waals surface area contributed by atoms with Crippen LogP contribution in [0.2, 0.25) is 0 Å². The molecule has 1 unspecified atom stereocenters. The molecule has 1 aliphatic heterocycles. The standard InChI is InChI=1S/C19H20F2N2O3S/c1-13(17-8-7-15(20)12-18(17)21)22-19(24)14-5-4-6-16(11-14)27(25,26)23-9-2-3-10-23/h4-8,11-13H,2-3,9-10H2,1H3,(H,22,24). The second-order valence-corrected chi connectivity index (χ2v) is 8.44. The Labute approximate surface area is 157 Å². The van der Waals surface area contributed by atoms with E-state index in [9.17, 15) is 22.0 Å². The van der Waals surface area contributed by atoms with E-state index < -0.39 is 33.6 Å². The summed E-state index contributed by atoms with van der Waals surface area (Å²) in [6, 6.07) is 8.18. The molecule has 1 fully saturated rings. The number of carbonyl (C=O) groups excluding carboxylic acids is 1. The molecule has 1 saturated heterocycles. The third-order valence-corrected chi connectivity index (χ3v) is 6.47. The molecule has 144 valence electrons. The van der Waals surface area contributed by atoms with Gasteiger partial charge in [-0.3, -0.25) is 4.79 Å². The van der Waals surface area contributed by atoms with Crippen molar-refractivity contribution in [3.05, 3.63) is 65.2 Å². The summed E-state index contributed by atoms with van der Waals surface area (Å²) in [6.45, 7) is 2.51. The molecule has 0 spiro atoms. The molecule has 0 bridgehead atoms. The molecule has 8 heteroatoms. The van der Waals surface area contributed by atoms with Gasteiger partial charge in [-0.05, 0) is 44.0 Å². The predicted octanol–water partition coefficient (Wildman–Crippen LogP) is 3.24. The van der Waals surface area contributed by atoms with Gasteiger partial charge in [-0.25, -0.2) is 17.2 Å². The first-order chi connectivity index (χ1) is 12.8. The van der Waals surface area contributed by atoms with E-state index in [0.29, 0.717) is 13.1 Å². The Bertz CT molecular complexity index is 957. The molecule has 0 aliphatic carbocycles. The van der Waals surface area contributed by atoms with Crippen molar-refractivity contribution in [2.75, 3.05) is 13.1 Å². The van der Waals surface area contributed by atoms with Gasteiger partial charge in [0.25, 0.3) is 5.91 Å². The number of nitrogens with zero attached hydrogens (tertiary/aromatic N) is 1. The highest BCUT2D eigenvalue weighted by Gasteiger charge is 2.27. The molecule has 0 radical (unpaired) electrons. The highest BCUT2D eigenvalue weighted by atomic mass is 32.2. The number of nitrogens with one attached hydrogen (secondary N) is 1. The lowest BCUT2D eigenvalue weighted by atomic mass is 10.1. The van der Waals surface area contributed by atoms with E-state index in [1.807, 2.05) is 0 Å². The smallest absolute Gasteiger partial charge is 0.251 e. The number of rotatable bonds is 5. The van der Waals surface area contributed by atoms with Gasteiger partial charge in [0.15, 0.2) is 0 Å². The van der Waals surface area contributed by atoms with E-state index in [1.165, 1.54) is 34.6 Å². The number of hydrogen-bond acceptors (Lipinski definition) is 3. The highest BCUT2D eigenvalue weighted by molar-refractivity contribution is 7.89. The van der Waals surface area contributed by atoms with Gasteiger partial charge in [-0.1, -0.05) is 12.1 Å². The summed E-state index contributed by atoms with van der Waals surface area (Å²) >= 11 is 0. The van der Waals surface area contributed by atoms with E-state index in [0.717, 1.165) is 25.0 Å². The second kappa shape index (κ2) is 7.74. The van der Waals surface area contributed by atoms with Crippen molar-refractivity contribution in [1.29, 1.82) is 0 Å². The molecule has 1 amide bonds. The topological polar surface area (TPSA) is 66.5 Å². The summed E-state index contributed by atoms with van der Waals surface area (Å²) in [6.07, 6.45) is 1.64. The van der Waals surface area contributed by atoms with Crippen molar-refractivity contribution >= 4 is 15.9 Å². The number of sulfonamides is 1. The van der Waals surface area contributed by atoms with Crippen molar-refractivity contribution < 1.29 is 22.0 Å². The first-order valence-electron chi connectivity index (χ1n) is 8.65. The van der Waals surface area contributed by atoms with E-state index in [1.54, 1.807) is 6.92 Å². The predicted molar refractivity (Wildman–Crippen MR) is 96.7 cm³/mol. The van der Waals surface area contributed by atoms with Gasteiger partial charge in [0, 0.05) is 30.3 Å². The van der Waals surface area contributed by atoms with Gasteiger partial charge in [0.1, 0.15) is 11.6 Å². The molecule has 5 nitrogen and oxygen atoms in total. The quantitative estimate of drug-likeness (QED) is 0.847. The maximum atomic E-state index is 13.9. The molecule has 27 heavy (non-hydrogen) atoms. The molecule has 0 aromatic heterocycles. The normalized spacial score (nSPS) is 16.3. The largest absolute Gasteiger partial charge is 0.345 e. The highest BCUT2D eigenvalue weighted by Crippen LogP contribution is 2.22. The van der Waals surface area contributed by atoms with Crippen LogP contribution in [-0.2, 0) is 10.0 Å². The Hall–Kier alpha value is -2.32. The minimum Gasteiger partial charge on any atom is -0.345 e. The lowest BCUT2D eigenvalue weighted by Crippen LogP contribution is -2.29. The van der Waals surface area contributed by atoms with Crippen molar-refractivity contribution in [3.63, 3.8) is 0 Å². The summed E-state index contributed by atoms with van der Waals surface area (Å²) in [5.41, 5.74) is 0.301. The SMILES string of the molecule is CC(NC(=O)c1cccc(S(=O)(=O)N2CCCC2)c1)c1ccc(F)cc1F. The Morgan fingerprint density at radius 3 is 2.48 bits per heavy atom. The van der Waals surface area contributed by atoms with E-state index in [2.05, 4.69) is 5.32 Å². The maximum absolute atomic E-state index is 13.9. The Morgan fingerprint density at radius 1 is 1.11 bits per heavy atom. The summed E-state index contributed by atoms with van der Waals surface area (Å²) in [5.74, 6) is -1.99. The van der Waals surface area contributed by atoms with Crippen LogP contribution >= 0.6 is 0 Å². The van der Waals surface area contributed by atoms with Crippen LogP contribution in [0.25, 0.3) is 0 Å². The lowest BCUT2D eigenvalue weighted by Gasteiger charge is -2.17. The zero-order valence-electron chi connectivity index (χ0n) is 14.8. The zero-order chi connectivity index (χ0) is 19.6. The molecular formula is C19H20F2N2O3S. The molecule has 1 atom stereocenters. The first-order valence-corrected chi connectivity index (χ1v) is 10.1. The van der Waals surface area contributed by atoms with Crippen LogP contribution in [0.4, 0.5) is 8.78 Å². The average Bonchev–Trinajstić information content (AvgIpc) is 3.17. The summed E-state index contributed by atoms with van der Waals surface area (Å²) in [5, 5.41) is 2.61. The third-order valence-electron chi connectivity index (χ3n) is 4.58. The van der Waals surface area contributed by atoms with Gasteiger partial charge < -0.3 is 5.32 Å². The summed E-state index contributed by atoms with van der Waals surface area (Å²) in [7, 11) is -3.64. The van der Waals surface area contributed by atoms with E-state index in [-0.39, 0.29) is 16.0 Å². The number of carbonyl (C=O) groups is 1. The Morgan fingerprint density at radius 2 is 1.81 bits per heavy atom. The van der Waals surface area contributed by atoms with E-state index >= 15 is 0 Å².